The zero-order valence-corrected chi connectivity index (χ0v) is 14.0. The molecule has 0 fully saturated rings. The molecule has 0 saturated heterocycles. The van der Waals surface area contributed by atoms with Gasteiger partial charge in [-0.1, -0.05) is 37.3 Å². The molecule has 2 atom stereocenters. The predicted octanol–water partition coefficient (Wildman–Crippen LogP) is 4.77. The van der Waals surface area contributed by atoms with Gasteiger partial charge in [-0.05, 0) is 35.2 Å². The molecular weight excluding hydrogens is 298 g/mol. The number of hydrogen-bond acceptors (Lipinski definition) is 2. The zero-order chi connectivity index (χ0) is 16.7. The van der Waals surface area contributed by atoms with Gasteiger partial charge in [0.2, 0.25) is 0 Å². The van der Waals surface area contributed by atoms with Gasteiger partial charge in [0.1, 0.15) is 11.5 Å². The normalized spacial score (nSPS) is 20.7. The van der Waals surface area contributed by atoms with Crippen LogP contribution < -0.4 is 4.74 Å². The molecule has 1 aromatic heterocycles. The number of hydrogen-bond donors (Lipinski definition) is 1. The molecular formula is C21H21NO2. The number of carbonyl (C=O) groups excluding carboxylic acids is 1. The molecule has 0 aliphatic heterocycles. The van der Waals surface area contributed by atoms with E-state index in [-0.39, 0.29) is 11.8 Å². The molecule has 122 valence electrons. The number of aromatic amines is 1. The number of fused-ring (bicyclic) bond motifs is 3. The van der Waals surface area contributed by atoms with E-state index in [1.165, 1.54) is 22.2 Å². The Hall–Kier alpha value is -2.55. The van der Waals surface area contributed by atoms with E-state index in [0.717, 1.165) is 11.3 Å². The Morgan fingerprint density at radius 1 is 1.08 bits per heavy atom. The van der Waals surface area contributed by atoms with Crippen molar-refractivity contribution in [2.75, 3.05) is 7.11 Å². The van der Waals surface area contributed by atoms with E-state index in [4.69, 9.17) is 4.74 Å². The Labute approximate surface area is 141 Å². The maximum Gasteiger partial charge on any atom is 0.134 e. The van der Waals surface area contributed by atoms with Gasteiger partial charge in [0.05, 0.1) is 7.11 Å². The summed E-state index contributed by atoms with van der Waals surface area (Å²) in [5, 5.41) is 1.17. The van der Waals surface area contributed by atoms with Gasteiger partial charge in [0.25, 0.3) is 0 Å². The van der Waals surface area contributed by atoms with Crippen molar-refractivity contribution in [3.05, 3.63) is 65.4 Å². The Balaban J connectivity index is 1.96. The summed E-state index contributed by atoms with van der Waals surface area (Å²) in [7, 11) is 1.69. The largest absolute Gasteiger partial charge is 0.497 e. The molecule has 1 aliphatic carbocycles. The number of carbonyl (C=O) groups is 1. The number of aromatic nitrogens is 1. The number of benzene rings is 2. The highest BCUT2D eigenvalue weighted by atomic mass is 16.5. The van der Waals surface area contributed by atoms with Gasteiger partial charge < -0.3 is 9.72 Å². The van der Waals surface area contributed by atoms with Crippen LogP contribution >= 0.6 is 0 Å². The van der Waals surface area contributed by atoms with Crippen molar-refractivity contribution in [2.24, 2.45) is 0 Å². The molecule has 0 saturated carbocycles. The molecule has 3 nitrogen and oxygen atoms in total. The Morgan fingerprint density at radius 2 is 1.88 bits per heavy atom. The van der Waals surface area contributed by atoms with Crippen LogP contribution in [0.4, 0.5) is 0 Å². The lowest BCUT2D eigenvalue weighted by molar-refractivity contribution is -0.119. The monoisotopic (exact) mass is 319 g/mol. The Kier molecular flexibility index (Phi) is 3.64. The zero-order valence-electron chi connectivity index (χ0n) is 14.0. The number of Topliss-reactive ketones (excluding diaryl/α,β-unsaturated/α-hetero) is 1. The number of nitrogens with one attached hydrogen (secondary N) is 1. The van der Waals surface area contributed by atoms with Crippen LogP contribution in [0.25, 0.3) is 10.9 Å². The molecule has 0 radical (unpaired) electrons. The topological polar surface area (TPSA) is 42.1 Å². The lowest BCUT2D eigenvalue weighted by atomic mass is 9.89. The molecule has 0 spiro atoms. The summed E-state index contributed by atoms with van der Waals surface area (Å²) in [6.45, 7) is 2.15. The summed E-state index contributed by atoms with van der Waals surface area (Å²) in [4.78, 5) is 16.1. The van der Waals surface area contributed by atoms with E-state index in [0.29, 0.717) is 18.6 Å². The molecule has 0 amide bonds. The van der Waals surface area contributed by atoms with Crippen molar-refractivity contribution >= 4 is 16.7 Å². The fraction of sp³-hybridized carbons (Fsp3) is 0.286. The summed E-state index contributed by atoms with van der Waals surface area (Å²) in [5.74, 6) is 1.49. The van der Waals surface area contributed by atoms with Crippen molar-refractivity contribution in [2.45, 2.75) is 31.6 Å². The molecule has 1 N–H and O–H groups in total. The first-order valence-corrected chi connectivity index (χ1v) is 8.43. The first kappa shape index (κ1) is 15.0. The highest BCUT2D eigenvalue weighted by molar-refractivity contribution is 5.90. The summed E-state index contributed by atoms with van der Waals surface area (Å²) in [6, 6.07) is 16.5. The average Bonchev–Trinajstić information content (AvgIpc) is 2.92. The van der Waals surface area contributed by atoms with Crippen LogP contribution in [0.2, 0.25) is 0 Å². The maximum atomic E-state index is 12.5. The van der Waals surface area contributed by atoms with Gasteiger partial charge in [0, 0.05) is 35.4 Å². The molecule has 24 heavy (non-hydrogen) atoms. The third-order valence-corrected chi connectivity index (χ3v) is 5.09. The third kappa shape index (κ3) is 2.41. The Bertz CT molecular complexity index is 895. The lowest BCUT2D eigenvalue weighted by Crippen LogP contribution is -2.06. The average molecular weight is 319 g/mol. The van der Waals surface area contributed by atoms with Crippen LogP contribution in [-0.4, -0.2) is 17.9 Å². The number of H-pyrrole nitrogens is 1. The first-order chi connectivity index (χ1) is 11.7. The first-order valence-electron chi connectivity index (χ1n) is 8.43. The van der Waals surface area contributed by atoms with Crippen LogP contribution in [0.1, 0.15) is 48.4 Å². The van der Waals surface area contributed by atoms with Crippen molar-refractivity contribution in [1.29, 1.82) is 0 Å². The van der Waals surface area contributed by atoms with Gasteiger partial charge in [-0.25, -0.2) is 0 Å². The summed E-state index contributed by atoms with van der Waals surface area (Å²) in [6.07, 6.45) is 1.16. The van der Waals surface area contributed by atoms with E-state index in [9.17, 15) is 4.79 Å². The fourth-order valence-corrected chi connectivity index (χ4v) is 3.97. The molecule has 3 aromatic rings. The van der Waals surface area contributed by atoms with Crippen LogP contribution in [0.15, 0.2) is 48.5 Å². The molecule has 3 heteroatoms. The Morgan fingerprint density at radius 3 is 2.62 bits per heavy atom. The van der Waals surface area contributed by atoms with E-state index >= 15 is 0 Å². The van der Waals surface area contributed by atoms with E-state index < -0.39 is 0 Å². The fourth-order valence-electron chi connectivity index (χ4n) is 3.97. The minimum Gasteiger partial charge on any atom is -0.497 e. The van der Waals surface area contributed by atoms with Crippen LogP contribution in [0.5, 0.6) is 5.75 Å². The quantitative estimate of drug-likeness (QED) is 0.691. The molecule has 4 rings (SSSR count). The molecule has 0 unspecified atom stereocenters. The minimum atomic E-state index is 0.0945. The van der Waals surface area contributed by atoms with E-state index in [1.54, 1.807) is 7.11 Å². The van der Waals surface area contributed by atoms with E-state index in [1.807, 2.05) is 24.3 Å². The second-order valence-electron chi connectivity index (χ2n) is 6.68. The van der Waals surface area contributed by atoms with Crippen LogP contribution in [-0.2, 0) is 4.79 Å². The van der Waals surface area contributed by atoms with Crippen LogP contribution in [0, 0.1) is 0 Å². The van der Waals surface area contributed by atoms with Crippen LogP contribution in [0.3, 0.4) is 0 Å². The maximum absolute atomic E-state index is 12.5. The number of ether oxygens (including phenoxy) is 1. The third-order valence-electron chi connectivity index (χ3n) is 5.09. The van der Waals surface area contributed by atoms with Crippen molar-refractivity contribution < 1.29 is 9.53 Å². The molecule has 2 aromatic carbocycles. The SMILES string of the molecule is COc1ccc2[nH]c3c(c2c1)[C@H](C)CC(=O)C[C@@H]3c1ccccc1. The van der Waals surface area contributed by atoms with Crippen molar-refractivity contribution in [3.8, 4) is 5.75 Å². The number of rotatable bonds is 2. The molecule has 0 bridgehead atoms. The predicted molar refractivity (Wildman–Crippen MR) is 95.8 cm³/mol. The van der Waals surface area contributed by atoms with Gasteiger partial charge in [-0.15, -0.1) is 0 Å². The summed E-state index contributed by atoms with van der Waals surface area (Å²) in [5.41, 5.74) is 4.76. The van der Waals surface area contributed by atoms with Crippen molar-refractivity contribution in [3.63, 3.8) is 0 Å². The second kappa shape index (κ2) is 5.82. The smallest absolute Gasteiger partial charge is 0.134 e. The highest BCUT2D eigenvalue weighted by Crippen LogP contribution is 2.43. The second-order valence-corrected chi connectivity index (χ2v) is 6.68. The van der Waals surface area contributed by atoms with Gasteiger partial charge in [-0.2, -0.15) is 0 Å². The van der Waals surface area contributed by atoms with Crippen molar-refractivity contribution in [1.82, 2.24) is 4.98 Å². The lowest BCUT2D eigenvalue weighted by Gasteiger charge is -2.15. The minimum absolute atomic E-state index is 0.0945. The molecule has 1 heterocycles. The van der Waals surface area contributed by atoms with Gasteiger partial charge in [-0.3, -0.25) is 4.79 Å². The molecule has 1 aliphatic rings. The summed E-state index contributed by atoms with van der Waals surface area (Å²) < 4.78 is 5.40. The number of methoxy groups -OCH3 is 1. The van der Waals surface area contributed by atoms with Gasteiger partial charge in [0.15, 0.2) is 0 Å². The highest BCUT2D eigenvalue weighted by Gasteiger charge is 2.31. The van der Waals surface area contributed by atoms with Gasteiger partial charge >= 0.3 is 0 Å². The summed E-state index contributed by atoms with van der Waals surface area (Å²) >= 11 is 0. The van der Waals surface area contributed by atoms with E-state index in [2.05, 4.69) is 36.2 Å². The standard InChI is InChI=1S/C21H21NO2/c1-13-10-15(23)11-17(14-6-4-3-5-7-14)21-20(13)18-12-16(24-2)8-9-19(18)22-21/h3-9,12-13,17,22H,10-11H2,1-2H3/t13-,17-/m1/s1. The number of ketones is 1.